The third kappa shape index (κ3) is 4.56. The molecule has 5 rings (SSSR count). The molecular weight excluding hydrogens is 448 g/mol. The van der Waals surface area contributed by atoms with Gasteiger partial charge in [-0.3, -0.25) is 19.3 Å². The van der Waals surface area contributed by atoms with Crippen molar-refractivity contribution in [3.05, 3.63) is 131 Å². The van der Waals surface area contributed by atoms with Gasteiger partial charge in [0.25, 0.3) is 11.8 Å². The quantitative estimate of drug-likeness (QED) is 0.363. The first kappa shape index (κ1) is 23.2. The summed E-state index contributed by atoms with van der Waals surface area (Å²) in [6, 6.07) is 33.0. The smallest absolute Gasteiger partial charge is 0.262 e. The molecule has 3 amide bonds. The zero-order chi connectivity index (χ0) is 25.1. The van der Waals surface area contributed by atoms with Crippen molar-refractivity contribution < 1.29 is 14.4 Å². The molecule has 178 valence electrons. The highest BCUT2D eigenvalue weighted by atomic mass is 16.2. The van der Waals surface area contributed by atoms with Gasteiger partial charge >= 0.3 is 0 Å². The molecule has 36 heavy (non-hydrogen) atoms. The molecular formula is C31H26N2O3. The summed E-state index contributed by atoms with van der Waals surface area (Å²) in [7, 11) is 0. The van der Waals surface area contributed by atoms with E-state index < -0.39 is 17.9 Å². The lowest BCUT2D eigenvalue weighted by atomic mass is 10.00. The molecule has 1 aliphatic rings. The van der Waals surface area contributed by atoms with Gasteiger partial charge in [0.05, 0.1) is 17.2 Å². The van der Waals surface area contributed by atoms with Crippen molar-refractivity contribution in [2.75, 3.05) is 0 Å². The van der Waals surface area contributed by atoms with Crippen LogP contribution < -0.4 is 5.32 Å². The molecule has 0 saturated heterocycles. The Morgan fingerprint density at radius 3 is 1.78 bits per heavy atom. The van der Waals surface area contributed by atoms with Crippen LogP contribution in [0.4, 0.5) is 0 Å². The van der Waals surface area contributed by atoms with Crippen molar-refractivity contribution in [3.63, 3.8) is 0 Å². The van der Waals surface area contributed by atoms with E-state index in [1.165, 1.54) is 0 Å². The van der Waals surface area contributed by atoms with Crippen molar-refractivity contribution in [2.45, 2.75) is 25.4 Å². The molecule has 0 radical (unpaired) electrons. The minimum atomic E-state index is -0.967. The normalized spacial score (nSPS) is 14.3. The molecule has 1 heterocycles. The van der Waals surface area contributed by atoms with Gasteiger partial charge in [-0.1, -0.05) is 97.1 Å². The van der Waals surface area contributed by atoms with Crippen LogP contribution in [0.3, 0.4) is 0 Å². The predicted octanol–water partition coefficient (Wildman–Crippen LogP) is 5.44. The van der Waals surface area contributed by atoms with E-state index >= 15 is 0 Å². The van der Waals surface area contributed by atoms with Crippen molar-refractivity contribution >= 4 is 17.7 Å². The molecule has 0 aromatic heterocycles. The standard InChI is InChI=1S/C31H26N2O3/c1-21(23-16-18-25(19-17-23)24-12-6-3-7-13-24)32-29(34)28(20-22-10-4-2-5-11-22)33-30(35)26-14-8-9-15-27(26)31(33)36/h2-19,21,28H,20H2,1H3,(H,32,34)/t21-,28-/m0/s1. The third-order valence-electron chi connectivity index (χ3n) is 6.59. The Morgan fingerprint density at radius 2 is 1.19 bits per heavy atom. The maximum atomic E-state index is 13.6. The molecule has 2 atom stereocenters. The first-order valence-electron chi connectivity index (χ1n) is 12.0. The van der Waals surface area contributed by atoms with E-state index in [0.29, 0.717) is 11.1 Å². The number of rotatable bonds is 7. The van der Waals surface area contributed by atoms with Crippen LogP contribution in [-0.2, 0) is 11.2 Å². The van der Waals surface area contributed by atoms with Crippen LogP contribution in [0, 0.1) is 0 Å². The summed E-state index contributed by atoms with van der Waals surface area (Å²) in [5.41, 5.74) is 4.67. The Hall–Kier alpha value is -4.51. The lowest BCUT2D eigenvalue weighted by Crippen LogP contribution is -2.51. The Bertz CT molecular complexity index is 1360. The number of imide groups is 1. The Morgan fingerprint density at radius 1 is 0.694 bits per heavy atom. The molecule has 5 nitrogen and oxygen atoms in total. The number of benzene rings is 4. The Balaban J connectivity index is 1.38. The fourth-order valence-corrected chi connectivity index (χ4v) is 4.62. The van der Waals surface area contributed by atoms with Gasteiger partial charge in [-0.2, -0.15) is 0 Å². The van der Waals surface area contributed by atoms with Gasteiger partial charge in [0.15, 0.2) is 0 Å². The highest BCUT2D eigenvalue weighted by Crippen LogP contribution is 2.27. The lowest BCUT2D eigenvalue weighted by molar-refractivity contribution is -0.125. The second-order valence-corrected chi connectivity index (χ2v) is 8.95. The van der Waals surface area contributed by atoms with Crippen LogP contribution in [0.5, 0.6) is 0 Å². The van der Waals surface area contributed by atoms with Crippen molar-refractivity contribution in [1.29, 1.82) is 0 Å². The van der Waals surface area contributed by atoms with E-state index in [4.69, 9.17) is 0 Å². The summed E-state index contributed by atoms with van der Waals surface area (Å²) in [5, 5.41) is 3.04. The van der Waals surface area contributed by atoms with E-state index in [-0.39, 0.29) is 18.4 Å². The summed E-state index contributed by atoms with van der Waals surface area (Å²) in [6.45, 7) is 1.90. The maximum absolute atomic E-state index is 13.6. The van der Waals surface area contributed by atoms with Crippen LogP contribution in [-0.4, -0.2) is 28.7 Å². The number of hydrogen-bond acceptors (Lipinski definition) is 3. The zero-order valence-electron chi connectivity index (χ0n) is 19.9. The van der Waals surface area contributed by atoms with Crippen LogP contribution in [0.15, 0.2) is 109 Å². The summed E-state index contributed by atoms with van der Waals surface area (Å²) in [4.78, 5) is 41.1. The fourth-order valence-electron chi connectivity index (χ4n) is 4.62. The second kappa shape index (κ2) is 10.0. The Kier molecular flexibility index (Phi) is 6.46. The van der Waals surface area contributed by atoms with Gasteiger partial charge in [-0.25, -0.2) is 0 Å². The maximum Gasteiger partial charge on any atom is 0.262 e. The summed E-state index contributed by atoms with van der Waals surface area (Å²) >= 11 is 0. The van der Waals surface area contributed by atoms with Crippen LogP contribution >= 0.6 is 0 Å². The van der Waals surface area contributed by atoms with Gasteiger partial charge in [0, 0.05) is 6.42 Å². The number of amides is 3. The van der Waals surface area contributed by atoms with E-state index in [2.05, 4.69) is 17.4 Å². The Labute approximate surface area is 210 Å². The third-order valence-corrected chi connectivity index (χ3v) is 6.59. The van der Waals surface area contributed by atoms with Crippen molar-refractivity contribution in [3.8, 4) is 11.1 Å². The largest absolute Gasteiger partial charge is 0.348 e. The minimum Gasteiger partial charge on any atom is -0.348 e. The number of nitrogens with zero attached hydrogens (tertiary/aromatic N) is 1. The van der Waals surface area contributed by atoms with Crippen LogP contribution in [0.25, 0.3) is 11.1 Å². The van der Waals surface area contributed by atoms with Gasteiger partial charge in [-0.15, -0.1) is 0 Å². The van der Waals surface area contributed by atoms with Crippen LogP contribution in [0.2, 0.25) is 0 Å². The highest BCUT2D eigenvalue weighted by Gasteiger charge is 2.42. The average molecular weight is 475 g/mol. The first-order chi connectivity index (χ1) is 17.5. The molecule has 1 aliphatic heterocycles. The molecule has 0 saturated carbocycles. The topological polar surface area (TPSA) is 66.5 Å². The van der Waals surface area contributed by atoms with E-state index in [0.717, 1.165) is 27.2 Å². The number of hydrogen-bond donors (Lipinski definition) is 1. The SMILES string of the molecule is C[C@H](NC(=O)[C@H](Cc1ccccc1)N1C(=O)c2ccccc2C1=O)c1ccc(-c2ccccc2)cc1. The van der Waals surface area contributed by atoms with Crippen molar-refractivity contribution in [1.82, 2.24) is 10.2 Å². The van der Waals surface area contributed by atoms with E-state index in [9.17, 15) is 14.4 Å². The molecule has 1 N–H and O–H groups in total. The predicted molar refractivity (Wildman–Crippen MR) is 139 cm³/mol. The number of nitrogens with one attached hydrogen (secondary N) is 1. The number of carbonyl (C=O) groups is 3. The van der Waals surface area contributed by atoms with E-state index in [1.807, 2.05) is 79.7 Å². The minimum absolute atomic E-state index is 0.234. The first-order valence-corrected chi connectivity index (χ1v) is 12.0. The van der Waals surface area contributed by atoms with Gasteiger partial charge in [0.1, 0.15) is 6.04 Å². The molecule has 4 aromatic carbocycles. The average Bonchev–Trinajstić information content (AvgIpc) is 3.18. The fraction of sp³-hybridized carbons (Fsp3) is 0.129. The van der Waals surface area contributed by atoms with Crippen molar-refractivity contribution in [2.24, 2.45) is 0 Å². The zero-order valence-corrected chi connectivity index (χ0v) is 19.9. The molecule has 4 aromatic rings. The summed E-state index contributed by atoms with van der Waals surface area (Å²) in [6.07, 6.45) is 0.234. The number of carbonyl (C=O) groups excluding carboxylic acids is 3. The number of fused-ring (bicyclic) bond motifs is 1. The van der Waals surface area contributed by atoms with Gasteiger partial charge in [-0.05, 0) is 41.3 Å². The van der Waals surface area contributed by atoms with Gasteiger partial charge < -0.3 is 5.32 Å². The monoisotopic (exact) mass is 474 g/mol. The summed E-state index contributed by atoms with van der Waals surface area (Å²) in [5.74, 6) is -1.24. The van der Waals surface area contributed by atoms with E-state index in [1.54, 1.807) is 24.3 Å². The molecule has 0 aliphatic carbocycles. The molecule has 0 spiro atoms. The second-order valence-electron chi connectivity index (χ2n) is 8.95. The van der Waals surface area contributed by atoms with Crippen LogP contribution in [0.1, 0.15) is 44.8 Å². The highest BCUT2D eigenvalue weighted by molar-refractivity contribution is 6.22. The molecule has 0 fully saturated rings. The van der Waals surface area contributed by atoms with Gasteiger partial charge in [0.2, 0.25) is 5.91 Å². The molecule has 5 heteroatoms. The molecule has 0 bridgehead atoms. The lowest BCUT2D eigenvalue weighted by Gasteiger charge is -2.27. The molecule has 0 unspecified atom stereocenters. The summed E-state index contributed by atoms with van der Waals surface area (Å²) < 4.78 is 0.